The Balaban J connectivity index is 2.34. The molecule has 2 nitrogen and oxygen atoms in total. The summed E-state index contributed by atoms with van der Waals surface area (Å²) in [6.45, 7) is 7.13. The van der Waals surface area contributed by atoms with Crippen LogP contribution in [0.1, 0.15) is 32.3 Å². The van der Waals surface area contributed by atoms with Crippen LogP contribution in [0.5, 0.6) is 0 Å². The van der Waals surface area contributed by atoms with Crippen LogP contribution in [0, 0.1) is 6.92 Å². The van der Waals surface area contributed by atoms with E-state index < -0.39 is 0 Å². The van der Waals surface area contributed by atoms with Crippen molar-refractivity contribution in [3.63, 3.8) is 0 Å². The predicted octanol–water partition coefficient (Wildman–Crippen LogP) is 3.57. The van der Waals surface area contributed by atoms with E-state index in [0.717, 1.165) is 18.7 Å². The molecule has 0 saturated carbocycles. The number of hydrogen-bond donors (Lipinski definition) is 1. The molecule has 1 atom stereocenters. The second kappa shape index (κ2) is 6.46. The smallest absolute Gasteiger partial charge is 0.124 e. The topological polar surface area (TPSA) is 21.3 Å². The van der Waals surface area contributed by atoms with E-state index >= 15 is 0 Å². The first-order chi connectivity index (χ1) is 7.22. The first-order valence-electron chi connectivity index (χ1n) is 5.67. The molecule has 0 spiro atoms. The van der Waals surface area contributed by atoms with Crippen molar-refractivity contribution in [2.45, 2.75) is 39.8 Å². The van der Waals surface area contributed by atoms with E-state index in [2.05, 4.69) is 43.4 Å². The van der Waals surface area contributed by atoms with Crippen molar-refractivity contribution in [1.82, 2.24) is 0 Å². The minimum atomic E-state index is 0.0818. The van der Waals surface area contributed by atoms with Crippen LogP contribution in [0.4, 0.5) is 5.69 Å². The number of nitrogens with one attached hydrogen (secondary N) is 1. The van der Waals surface area contributed by atoms with Crippen molar-refractivity contribution in [3.05, 3.63) is 29.8 Å². The van der Waals surface area contributed by atoms with Gasteiger partial charge in [-0.25, -0.2) is 0 Å². The average molecular weight is 207 g/mol. The molecule has 1 aromatic rings. The van der Waals surface area contributed by atoms with Gasteiger partial charge in [-0.05, 0) is 38.0 Å². The van der Waals surface area contributed by atoms with Gasteiger partial charge in [-0.1, -0.05) is 25.5 Å². The molecule has 0 aliphatic carbocycles. The molecule has 0 radical (unpaired) electrons. The molecule has 1 N–H and O–H groups in total. The quantitative estimate of drug-likeness (QED) is 0.568. The van der Waals surface area contributed by atoms with Gasteiger partial charge in [0, 0.05) is 12.3 Å². The molecule has 0 bridgehead atoms. The third-order valence-electron chi connectivity index (χ3n) is 2.25. The van der Waals surface area contributed by atoms with E-state index in [1.807, 2.05) is 6.92 Å². The van der Waals surface area contributed by atoms with Crippen LogP contribution in [0.2, 0.25) is 0 Å². The van der Waals surface area contributed by atoms with Crippen LogP contribution >= 0.6 is 0 Å². The van der Waals surface area contributed by atoms with Crippen LogP contribution in [-0.4, -0.2) is 12.8 Å². The fourth-order valence-electron chi connectivity index (χ4n) is 1.42. The van der Waals surface area contributed by atoms with Crippen molar-refractivity contribution in [3.8, 4) is 0 Å². The molecular formula is C13H21NO. The summed E-state index contributed by atoms with van der Waals surface area (Å²) < 4.78 is 5.62. The van der Waals surface area contributed by atoms with Gasteiger partial charge >= 0.3 is 0 Å². The van der Waals surface area contributed by atoms with E-state index in [-0.39, 0.29) is 6.23 Å². The van der Waals surface area contributed by atoms with Gasteiger partial charge in [-0.15, -0.1) is 0 Å². The lowest BCUT2D eigenvalue weighted by Crippen LogP contribution is -2.19. The molecule has 0 fully saturated rings. The first kappa shape index (κ1) is 12.1. The van der Waals surface area contributed by atoms with Crippen LogP contribution in [0.15, 0.2) is 24.3 Å². The molecule has 1 unspecified atom stereocenters. The number of aryl methyl sites for hydroxylation is 1. The maximum atomic E-state index is 5.62. The molecule has 15 heavy (non-hydrogen) atoms. The third-order valence-corrected chi connectivity index (χ3v) is 2.25. The van der Waals surface area contributed by atoms with Crippen molar-refractivity contribution in [2.24, 2.45) is 0 Å². The maximum Gasteiger partial charge on any atom is 0.124 e. The van der Waals surface area contributed by atoms with Gasteiger partial charge in [0.1, 0.15) is 6.23 Å². The summed E-state index contributed by atoms with van der Waals surface area (Å²) in [5.74, 6) is 0. The Morgan fingerprint density at radius 3 is 2.87 bits per heavy atom. The fraction of sp³-hybridized carbons (Fsp3) is 0.538. The lowest BCUT2D eigenvalue weighted by atomic mass is 10.2. The molecule has 0 amide bonds. The van der Waals surface area contributed by atoms with Crippen LogP contribution in [-0.2, 0) is 4.74 Å². The Kier molecular flexibility index (Phi) is 5.19. The normalized spacial score (nSPS) is 12.5. The molecule has 0 aromatic heterocycles. The van der Waals surface area contributed by atoms with E-state index in [4.69, 9.17) is 4.74 Å². The number of benzene rings is 1. The van der Waals surface area contributed by atoms with Gasteiger partial charge in [0.25, 0.3) is 0 Å². The highest BCUT2D eigenvalue weighted by atomic mass is 16.5. The largest absolute Gasteiger partial charge is 0.360 e. The van der Waals surface area contributed by atoms with Crippen LogP contribution < -0.4 is 5.32 Å². The molecule has 0 saturated heterocycles. The minimum Gasteiger partial charge on any atom is -0.360 e. The highest BCUT2D eigenvalue weighted by molar-refractivity contribution is 5.45. The van der Waals surface area contributed by atoms with Gasteiger partial charge in [-0.2, -0.15) is 0 Å². The van der Waals surface area contributed by atoms with Crippen molar-refractivity contribution in [2.75, 3.05) is 11.9 Å². The van der Waals surface area contributed by atoms with Gasteiger partial charge < -0.3 is 10.1 Å². The molecule has 1 aromatic carbocycles. The summed E-state index contributed by atoms with van der Waals surface area (Å²) in [5, 5.41) is 3.32. The Hall–Kier alpha value is -1.02. The zero-order chi connectivity index (χ0) is 11.1. The molecular weight excluding hydrogens is 186 g/mol. The zero-order valence-corrected chi connectivity index (χ0v) is 9.92. The van der Waals surface area contributed by atoms with E-state index in [9.17, 15) is 0 Å². The first-order valence-corrected chi connectivity index (χ1v) is 5.67. The molecule has 0 aliphatic rings. The third kappa shape index (κ3) is 4.84. The Bertz CT molecular complexity index is 286. The van der Waals surface area contributed by atoms with Crippen LogP contribution in [0.3, 0.4) is 0 Å². The summed E-state index contributed by atoms with van der Waals surface area (Å²) in [6, 6.07) is 8.33. The molecule has 84 valence electrons. The maximum absolute atomic E-state index is 5.62. The van der Waals surface area contributed by atoms with E-state index in [1.54, 1.807) is 0 Å². The summed E-state index contributed by atoms with van der Waals surface area (Å²) in [5.41, 5.74) is 2.39. The number of anilines is 1. The molecule has 0 aliphatic heterocycles. The Morgan fingerprint density at radius 1 is 1.40 bits per heavy atom. The van der Waals surface area contributed by atoms with Gasteiger partial charge in [0.2, 0.25) is 0 Å². The minimum absolute atomic E-state index is 0.0818. The van der Waals surface area contributed by atoms with E-state index in [1.165, 1.54) is 12.0 Å². The van der Waals surface area contributed by atoms with Crippen molar-refractivity contribution in [1.29, 1.82) is 0 Å². The number of hydrogen-bond acceptors (Lipinski definition) is 2. The highest BCUT2D eigenvalue weighted by Crippen LogP contribution is 2.11. The van der Waals surface area contributed by atoms with Crippen molar-refractivity contribution >= 4 is 5.69 Å². The Morgan fingerprint density at radius 2 is 2.20 bits per heavy atom. The van der Waals surface area contributed by atoms with Gasteiger partial charge in [0.15, 0.2) is 0 Å². The summed E-state index contributed by atoms with van der Waals surface area (Å²) in [6.07, 6.45) is 2.38. The lowest BCUT2D eigenvalue weighted by Gasteiger charge is -2.16. The second-order valence-corrected chi connectivity index (χ2v) is 3.88. The summed E-state index contributed by atoms with van der Waals surface area (Å²) in [4.78, 5) is 0. The predicted molar refractivity (Wildman–Crippen MR) is 65.1 cm³/mol. The average Bonchev–Trinajstić information content (AvgIpc) is 2.18. The fourth-order valence-corrected chi connectivity index (χ4v) is 1.42. The SMILES string of the molecule is CCCCOC(C)Nc1cccc(C)c1. The Labute approximate surface area is 92.6 Å². The summed E-state index contributed by atoms with van der Waals surface area (Å²) in [7, 11) is 0. The molecule has 2 heteroatoms. The number of rotatable bonds is 6. The van der Waals surface area contributed by atoms with Crippen molar-refractivity contribution < 1.29 is 4.74 Å². The molecule has 0 heterocycles. The zero-order valence-electron chi connectivity index (χ0n) is 9.92. The number of ether oxygens (including phenoxy) is 1. The van der Waals surface area contributed by atoms with E-state index in [0.29, 0.717) is 0 Å². The standard InChI is InChI=1S/C13H21NO/c1-4-5-9-15-12(3)14-13-8-6-7-11(2)10-13/h6-8,10,12,14H,4-5,9H2,1-3H3. The van der Waals surface area contributed by atoms with Crippen LogP contribution in [0.25, 0.3) is 0 Å². The lowest BCUT2D eigenvalue weighted by molar-refractivity contribution is 0.0825. The second-order valence-electron chi connectivity index (χ2n) is 3.88. The highest BCUT2D eigenvalue weighted by Gasteiger charge is 2.00. The number of unbranched alkanes of at least 4 members (excludes halogenated alkanes) is 1. The van der Waals surface area contributed by atoms with Gasteiger partial charge in [-0.3, -0.25) is 0 Å². The summed E-state index contributed by atoms with van der Waals surface area (Å²) >= 11 is 0. The monoisotopic (exact) mass is 207 g/mol. The van der Waals surface area contributed by atoms with Gasteiger partial charge in [0.05, 0.1) is 0 Å². The molecule has 1 rings (SSSR count).